The molecular formula is C22H33N5O2S2. The fourth-order valence-electron chi connectivity index (χ4n) is 4.93. The van der Waals surface area contributed by atoms with E-state index in [2.05, 4.69) is 26.7 Å². The minimum absolute atomic E-state index is 0.0853. The topological polar surface area (TPSA) is 78.4 Å². The molecule has 31 heavy (non-hydrogen) atoms. The summed E-state index contributed by atoms with van der Waals surface area (Å²) in [4.78, 5) is 9.13. The van der Waals surface area contributed by atoms with Crippen molar-refractivity contribution in [2.45, 2.75) is 37.5 Å². The predicted octanol–water partition coefficient (Wildman–Crippen LogP) is 3.11. The van der Waals surface area contributed by atoms with Crippen molar-refractivity contribution in [1.29, 1.82) is 0 Å². The Kier molecular flexibility index (Phi) is 6.83. The summed E-state index contributed by atoms with van der Waals surface area (Å²) in [6.07, 6.45) is 6.09. The monoisotopic (exact) mass is 463 g/mol. The Morgan fingerprint density at radius 2 is 1.84 bits per heavy atom. The lowest BCUT2D eigenvalue weighted by Crippen LogP contribution is -2.41. The molecule has 2 aliphatic rings. The lowest BCUT2D eigenvalue weighted by molar-refractivity contribution is 0.200. The molecular weight excluding hydrogens is 430 g/mol. The summed E-state index contributed by atoms with van der Waals surface area (Å²) < 4.78 is 27.9. The fraction of sp³-hybridized carbons (Fsp3) is 0.636. The first-order valence-electron chi connectivity index (χ1n) is 11.0. The van der Waals surface area contributed by atoms with Crippen LogP contribution in [0.15, 0.2) is 24.3 Å². The van der Waals surface area contributed by atoms with Crippen LogP contribution in [0.1, 0.15) is 42.9 Å². The van der Waals surface area contributed by atoms with Crippen LogP contribution in [-0.4, -0.2) is 57.8 Å². The van der Waals surface area contributed by atoms with Gasteiger partial charge in [0.1, 0.15) is 0 Å². The Morgan fingerprint density at radius 1 is 1.13 bits per heavy atom. The number of rotatable bonds is 6. The minimum atomic E-state index is -3.03. The number of nitrogens with one attached hydrogen (secondary N) is 1. The molecule has 0 amide bonds. The van der Waals surface area contributed by atoms with Gasteiger partial charge in [-0.15, -0.1) is 0 Å². The molecule has 0 saturated carbocycles. The van der Waals surface area contributed by atoms with Crippen molar-refractivity contribution in [2.24, 2.45) is 11.8 Å². The van der Waals surface area contributed by atoms with E-state index in [-0.39, 0.29) is 11.8 Å². The molecule has 2 aliphatic heterocycles. The Hall–Kier alpha value is -1.71. The number of hydrogen-bond acceptors (Lipinski definition) is 8. The lowest BCUT2D eigenvalue weighted by Gasteiger charge is -2.43. The van der Waals surface area contributed by atoms with E-state index in [1.165, 1.54) is 42.6 Å². The summed E-state index contributed by atoms with van der Waals surface area (Å²) in [6.45, 7) is 3.23. The smallest absolute Gasteiger partial charge is 0.238 e. The Morgan fingerprint density at radius 3 is 2.45 bits per heavy atom. The van der Waals surface area contributed by atoms with Crippen LogP contribution in [0, 0.1) is 11.8 Å². The van der Waals surface area contributed by atoms with Gasteiger partial charge >= 0.3 is 0 Å². The van der Waals surface area contributed by atoms with Crippen LogP contribution < -0.4 is 15.1 Å². The molecule has 1 N–H and O–H groups in total. The number of benzene rings is 1. The molecule has 1 unspecified atom stereocenters. The standard InChI is InChI=1S/C22H33N5O2S2/c1-26(2)21-24-22(30-25-21)27-13-10-19(17-8-11-23-12-9-17)14-20(27)18-6-4-16(5-7-18)15-31(3,28)29/h4-7,17,19-20,23H,8-15H2,1-3H3/t19?,20-/m1/s1. The molecule has 1 aromatic heterocycles. The molecule has 2 atom stereocenters. The zero-order valence-electron chi connectivity index (χ0n) is 18.6. The van der Waals surface area contributed by atoms with E-state index in [0.29, 0.717) is 5.92 Å². The van der Waals surface area contributed by atoms with E-state index in [4.69, 9.17) is 4.98 Å². The highest BCUT2D eigenvalue weighted by molar-refractivity contribution is 7.89. The van der Waals surface area contributed by atoms with Crippen LogP contribution in [0.2, 0.25) is 0 Å². The van der Waals surface area contributed by atoms with Gasteiger partial charge in [-0.25, -0.2) is 8.42 Å². The second-order valence-corrected chi connectivity index (χ2v) is 12.0. The van der Waals surface area contributed by atoms with E-state index >= 15 is 0 Å². The molecule has 2 aromatic rings. The molecule has 170 valence electrons. The van der Waals surface area contributed by atoms with Crippen molar-refractivity contribution in [1.82, 2.24) is 14.7 Å². The van der Waals surface area contributed by atoms with Gasteiger partial charge in [-0.05, 0) is 61.7 Å². The number of piperidine rings is 2. The minimum Gasteiger partial charge on any atom is -0.346 e. The molecule has 9 heteroatoms. The first kappa shape index (κ1) is 22.5. The second-order valence-electron chi connectivity index (χ2n) is 9.16. The van der Waals surface area contributed by atoms with E-state index in [9.17, 15) is 8.42 Å². The third-order valence-electron chi connectivity index (χ3n) is 6.54. The van der Waals surface area contributed by atoms with Crippen LogP contribution in [-0.2, 0) is 15.6 Å². The number of aromatic nitrogens is 2. The van der Waals surface area contributed by atoms with Crippen LogP contribution in [0.3, 0.4) is 0 Å². The van der Waals surface area contributed by atoms with Gasteiger partial charge in [0.25, 0.3) is 0 Å². The van der Waals surface area contributed by atoms with Gasteiger partial charge in [-0.2, -0.15) is 9.36 Å². The van der Waals surface area contributed by atoms with Gasteiger partial charge in [0.2, 0.25) is 11.1 Å². The van der Waals surface area contributed by atoms with E-state index in [1.807, 2.05) is 31.1 Å². The average molecular weight is 464 g/mol. The molecule has 0 radical (unpaired) electrons. The number of sulfone groups is 1. The average Bonchev–Trinajstić information content (AvgIpc) is 3.24. The second kappa shape index (κ2) is 9.42. The maximum absolute atomic E-state index is 11.7. The molecule has 4 rings (SSSR count). The van der Waals surface area contributed by atoms with E-state index < -0.39 is 9.84 Å². The third-order valence-corrected chi connectivity index (χ3v) is 8.14. The van der Waals surface area contributed by atoms with Crippen molar-refractivity contribution in [3.8, 4) is 0 Å². The SMILES string of the molecule is CN(C)c1nsc(N2CCC(C3CCNCC3)C[C@@H]2c2ccc(CS(C)(=O)=O)cc2)n1. The van der Waals surface area contributed by atoms with Gasteiger partial charge in [0.05, 0.1) is 11.8 Å². The molecule has 0 bridgehead atoms. The van der Waals surface area contributed by atoms with Gasteiger partial charge in [0, 0.05) is 38.4 Å². The summed E-state index contributed by atoms with van der Waals surface area (Å²) in [6, 6.07) is 8.39. The van der Waals surface area contributed by atoms with Crippen molar-refractivity contribution >= 4 is 32.4 Å². The molecule has 0 aliphatic carbocycles. The van der Waals surface area contributed by atoms with Gasteiger partial charge in [0.15, 0.2) is 9.84 Å². The van der Waals surface area contributed by atoms with Crippen molar-refractivity contribution in [3.63, 3.8) is 0 Å². The van der Waals surface area contributed by atoms with Crippen LogP contribution in [0.25, 0.3) is 0 Å². The maximum atomic E-state index is 11.7. The largest absolute Gasteiger partial charge is 0.346 e. The Labute approximate surface area is 190 Å². The molecule has 2 fully saturated rings. The zero-order valence-corrected chi connectivity index (χ0v) is 20.3. The zero-order chi connectivity index (χ0) is 22.0. The predicted molar refractivity (Wildman–Crippen MR) is 128 cm³/mol. The van der Waals surface area contributed by atoms with Crippen molar-refractivity contribution in [2.75, 3.05) is 49.8 Å². The molecule has 0 spiro atoms. The number of nitrogens with zero attached hydrogens (tertiary/aromatic N) is 4. The van der Waals surface area contributed by atoms with Gasteiger partial charge in [-0.1, -0.05) is 24.3 Å². The molecule has 2 saturated heterocycles. The highest BCUT2D eigenvalue weighted by atomic mass is 32.2. The first-order chi connectivity index (χ1) is 14.8. The highest BCUT2D eigenvalue weighted by Crippen LogP contribution is 2.42. The van der Waals surface area contributed by atoms with Crippen molar-refractivity contribution < 1.29 is 8.42 Å². The maximum Gasteiger partial charge on any atom is 0.238 e. The number of hydrogen-bond donors (Lipinski definition) is 1. The quantitative estimate of drug-likeness (QED) is 0.705. The Balaban J connectivity index is 1.59. The summed E-state index contributed by atoms with van der Waals surface area (Å²) in [5.74, 6) is 2.33. The summed E-state index contributed by atoms with van der Waals surface area (Å²) >= 11 is 1.46. The van der Waals surface area contributed by atoms with E-state index in [1.54, 1.807) is 0 Å². The molecule has 7 nitrogen and oxygen atoms in total. The van der Waals surface area contributed by atoms with E-state index in [0.717, 1.165) is 48.6 Å². The van der Waals surface area contributed by atoms with Crippen LogP contribution >= 0.6 is 11.5 Å². The Bertz CT molecular complexity index is 968. The van der Waals surface area contributed by atoms with Crippen LogP contribution in [0.4, 0.5) is 11.1 Å². The normalized spacial score (nSPS) is 23.1. The van der Waals surface area contributed by atoms with Crippen molar-refractivity contribution in [3.05, 3.63) is 35.4 Å². The van der Waals surface area contributed by atoms with Gasteiger partial charge in [-0.3, -0.25) is 0 Å². The molecule has 3 heterocycles. The van der Waals surface area contributed by atoms with Gasteiger partial charge < -0.3 is 15.1 Å². The fourth-order valence-corrected chi connectivity index (χ4v) is 6.54. The first-order valence-corrected chi connectivity index (χ1v) is 13.9. The summed E-state index contributed by atoms with van der Waals surface area (Å²) in [7, 11) is 0.896. The lowest BCUT2D eigenvalue weighted by atomic mass is 9.76. The molecule has 1 aromatic carbocycles. The van der Waals surface area contributed by atoms with Crippen LogP contribution in [0.5, 0.6) is 0 Å². The highest BCUT2D eigenvalue weighted by Gasteiger charge is 2.35. The summed E-state index contributed by atoms with van der Waals surface area (Å²) in [5, 5.41) is 4.46. The summed E-state index contributed by atoms with van der Waals surface area (Å²) in [5.41, 5.74) is 2.08. The third kappa shape index (κ3) is 5.56. The number of anilines is 2.